The van der Waals surface area contributed by atoms with Gasteiger partial charge in [-0.05, 0) is 44.2 Å². The van der Waals surface area contributed by atoms with Crippen molar-refractivity contribution in [2.75, 3.05) is 19.3 Å². The Morgan fingerprint density at radius 1 is 1.57 bits per heavy atom. The van der Waals surface area contributed by atoms with Crippen LogP contribution in [0.5, 0.6) is 0 Å². The van der Waals surface area contributed by atoms with Crippen molar-refractivity contribution in [1.29, 1.82) is 0 Å². The van der Waals surface area contributed by atoms with Crippen LogP contribution in [0.4, 0.5) is 5.69 Å². The summed E-state index contributed by atoms with van der Waals surface area (Å²) in [6.07, 6.45) is 2.72. The molecule has 1 aliphatic heterocycles. The molecule has 6 nitrogen and oxygen atoms in total. The Kier molecular flexibility index (Phi) is 4.84. The number of benzene rings is 1. The summed E-state index contributed by atoms with van der Waals surface area (Å²) in [7, 11) is 0. The zero-order valence-electron chi connectivity index (χ0n) is 12.1. The molecule has 1 fully saturated rings. The molecule has 0 bridgehead atoms. The molecule has 1 aliphatic rings. The molecule has 2 N–H and O–H groups in total. The van der Waals surface area contributed by atoms with Crippen LogP contribution in [0, 0.1) is 16.0 Å². The first-order valence-electron chi connectivity index (χ1n) is 6.81. The molecule has 0 aliphatic carbocycles. The summed E-state index contributed by atoms with van der Waals surface area (Å²) in [5.74, 6) is -0.00668. The number of nitro benzene ring substituents is 1. The molecule has 1 amide bonds. The van der Waals surface area contributed by atoms with Crippen molar-refractivity contribution in [3.8, 4) is 0 Å². The number of likely N-dealkylation sites (tertiary alicyclic amines) is 1. The number of nitro groups is 1. The van der Waals surface area contributed by atoms with E-state index >= 15 is 0 Å². The van der Waals surface area contributed by atoms with Gasteiger partial charge in [0.15, 0.2) is 0 Å². The summed E-state index contributed by atoms with van der Waals surface area (Å²) in [6, 6.07) is 4.73. The largest absolute Gasteiger partial charge is 0.335 e. The van der Waals surface area contributed by atoms with Gasteiger partial charge in [-0.25, -0.2) is 0 Å². The van der Waals surface area contributed by atoms with E-state index in [4.69, 9.17) is 5.73 Å². The van der Waals surface area contributed by atoms with Crippen molar-refractivity contribution in [1.82, 2.24) is 4.90 Å². The van der Waals surface area contributed by atoms with Gasteiger partial charge in [0.2, 0.25) is 0 Å². The zero-order valence-corrected chi connectivity index (χ0v) is 12.9. The second kappa shape index (κ2) is 6.44. The van der Waals surface area contributed by atoms with Gasteiger partial charge in [-0.15, -0.1) is 11.8 Å². The molecule has 7 heteroatoms. The first-order chi connectivity index (χ1) is 9.97. The maximum atomic E-state index is 12.7. The standard InChI is InChI=1S/C14H19N3O3S/c1-9-5-10(7-15)8-16(9)14(18)12-6-11(21-2)3-4-13(12)17(19)20/h3-4,6,9-10H,5,7-8,15H2,1-2H3. The molecular weight excluding hydrogens is 290 g/mol. The summed E-state index contributed by atoms with van der Waals surface area (Å²) >= 11 is 1.46. The second-order valence-electron chi connectivity index (χ2n) is 5.28. The molecule has 0 spiro atoms. The SMILES string of the molecule is CSc1ccc([N+](=O)[O-])c(C(=O)N2CC(CN)CC2C)c1. The number of nitrogens with zero attached hydrogens (tertiary/aromatic N) is 2. The Hall–Kier alpha value is -1.60. The molecule has 0 aromatic heterocycles. The van der Waals surface area contributed by atoms with Crippen LogP contribution >= 0.6 is 11.8 Å². The Balaban J connectivity index is 2.36. The highest BCUT2D eigenvalue weighted by Crippen LogP contribution is 2.30. The van der Waals surface area contributed by atoms with Gasteiger partial charge in [0.1, 0.15) is 5.56 Å². The van der Waals surface area contributed by atoms with Gasteiger partial charge in [0, 0.05) is 23.5 Å². The van der Waals surface area contributed by atoms with E-state index in [0.29, 0.717) is 13.1 Å². The van der Waals surface area contributed by atoms with E-state index in [0.717, 1.165) is 11.3 Å². The molecule has 1 heterocycles. The highest BCUT2D eigenvalue weighted by atomic mass is 32.2. The van der Waals surface area contributed by atoms with E-state index in [1.807, 2.05) is 13.2 Å². The zero-order chi connectivity index (χ0) is 15.6. The minimum Gasteiger partial charge on any atom is -0.335 e. The molecule has 114 valence electrons. The molecule has 1 aromatic rings. The van der Waals surface area contributed by atoms with Crippen LogP contribution in [0.2, 0.25) is 0 Å². The number of carbonyl (C=O) groups is 1. The Morgan fingerprint density at radius 2 is 2.29 bits per heavy atom. The van der Waals surface area contributed by atoms with E-state index in [1.54, 1.807) is 17.0 Å². The number of rotatable bonds is 4. The smallest absolute Gasteiger partial charge is 0.282 e. The molecular formula is C14H19N3O3S. The first kappa shape index (κ1) is 15.8. The van der Waals surface area contributed by atoms with Crippen molar-refractivity contribution < 1.29 is 9.72 Å². The molecule has 21 heavy (non-hydrogen) atoms. The van der Waals surface area contributed by atoms with Gasteiger partial charge >= 0.3 is 0 Å². The van der Waals surface area contributed by atoms with Crippen LogP contribution in [-0.4, -0.2) is 41.1 Å². The number of hydrogen-bond acceptors (Lipinski definition) is 5. The summed E-state index contributed by atoms with van der Waals surface area (Å²) in [4.78, 5) is 25.9. The van der Waals surface area contributed by atoms with Crippen molar-refractivity contribution in [3.63, 3.8) is 0 Å². The predicted octanol–water partition coefficient (Wildman–Crippen LogP) is 2.13. The second-order valence-corrected chi connectivity index (χ2v) is 6.16. The summed E-state index contributed by atoms with van der Waals surface area (Å²) in [6.45, 7) is 3.05. The van der Waals surface area contributed by atoms with E-state index in [2.05, 4.69) is 0 Å². The van der Waals surface area contributed by atoms with Crippen molar-refractivity contribution >= 4 is 23.4 Å². The van der Waals surface area contributed by atoms with Crippen molar-refractivity contribution in [2.45, 2.75) is 24.3 Å². The normalized spacial score (nSPS) is 21.6. The molecule has 2 unspecified atom stereocenters. The minimum absolute atomic E-state index is 0.0589. The number of thioether (sulfide) groups is 1. The topological polar surface area (TPSA) is 89.5 Å². The van der Waals surface area contributed by atoms with Crippen molar-refractivity contribution in [2.24, 2.45) is 11.7 Å². The maximum Gasteiger partial charge on any atom is 0.282 e. The van der Waals surface area contributed by atoms with Crippen LogP contribution < -0.4 is 5.73 Å². The van der Waals surface area contributed by atoms with Gasteiger partial charge in [0.05, 0.1) is 4.92 Å². The van der Waals surface area contributed by atoms with Crippen LogP contribution in [0.25, 0.3) is 0 Å². The number of nitrogens with two attached hydrogens (primary N) is 1. The van der Waals surface area contributed by atoms with E-state index in [-0.39, 0.29) is 29.1 Å². The lowest BCUT2D eigenvalue weighted by Gasteiger charge is -2.21. The van der Waals surface area contributed by atoms with Gasteiger partial charge in [-0.3, -0.25) is 14.9 Å². The lowest BCUT2D eigenvalue weighted by molar-refractivity contribution is -0.385. The van der Waals surface area contributed by atoms with Crippen LogP contribution in [0.3, 0.4) is 0 Å². The number of amides is 1. The quantitative estimate of drug-likeness (QED) is 0.523. The van der Waals surface area contributed by atoms with Crippen LogP contribution in [-0.2, 0) is 0 Å². The predicted molar refractivity (Wildman–Crippen MR) is 82.5 cm³/mol. The first-order valence-corrected chi connectivity index (χ1v) is 8.03. The van der Waals surface area contributed by atoms with Gasteiger partial charge in [-0.1, -0.05) is 0 Å². The lowest BCUT2D eigenvalue weighted by atomic mass is 10.1. The maximum absolute atomic E-state index is 12.7. The molecule has 1 aromatic carbocycles. The van der Waals surface area contributed by atoms with E-state index in [9.17, 15) is 14.9 Å². The average Bonchev–Trinajstić information content (AvgIpc) is 2.86. The molecule has 1 saturated heterocycles. The molecule has 0 saturated carbocycles. The number of carbonyl (C=O) groups excluding carboxylic acids is 1. The summed E-state index contributed by atoms with van der Waals surface area (Å²) in [5, 5.41) is 11.2. The monoisotopic (exact) mass is 309 g/mol. The lowest BCUT2D eigenvalue weighted by Crippen LogP contribution is -2.34. The van der Waals surface area contributed by atoms with E-state index < -0.39 is 4.92 Å². The third-order valence-corrected chi connectivity index (χ3v) is 4.61. The van der Waals surface area contributed by atoms with Crippen LogP contribution in [0.1, 0.15) is 23.7 Å². The fourth-order valence-corrected chi connectivity index (χ4v) is 3.16. The van der Waals surface area contributed by atoms with Crippen molar-refractivity contribution in [3.05, 3.63) is 33.9 Å². The third kappa shape index (κ3) is 3.19. The summed E-state index contributed by atoms with van der Waals surface area (Å²) in [5.41, 5.74) is 5.70. The Morgan fingerprint density at radius 3 is 2.81 bits per heavy atom. The van der Waals surface area contributed by atoms with Gasteiger partial charge in [-0.2, -0.15) is 0 Å². The van der Waals surface area contributed by atoms with E-state index in [1.165, 1.54) is 17.8 Å². The fraction of sp³-hybridized carbons (Fsp3) is 0.500. The molecule has 2 rings (SSSR count). The highest BCUT2D eigenvalue weighted by Gasteiger charge is 2.34. The van der Waals surface area contributed by atoms with Gasteiger partial charge < -0.3 is 10.6 Å². The highest BCUT2D eigenvalue weighted by molar-refractivity contribution is 7.98. The minimum atomic E-state index is -0.501. The fourth-order valence-electron chi connectivity index (χ4n) is 2.72. The summed E-state index contributed by atoms with van der Waals surface area (Å²) < 4.78 is 0. The molecule has 0 radical (unpaired) electrons. The average molecular weight is 309 g/mol. The third-order valence-electron chi connectivity index (χ3n) is 3.89. The molecule has 2 atom stereocenters. The van der Waals surface area contributed by atoms with Crippen LogP contribution in [0.15, 0.2) is 23.1 Å². The Labute approximate surface area is 127 Å². The van der Waals surface area contributed by atoms with Gasteiger partial charge in [0.25, 0.3) is 11.6 Å². The number of hydrogen-bond donors (Lipinski definition) is 1. The Bertz CT molecular complexity index is 564.